The minimum atomic E-state index is -3.75. The summed E-state index contributed by atoms with van der Waals surface area (Å²) in [5.41, 5.74) is 2.42. The molecule has 1 saturated heterocycles. The smallest absolute Gasteiger partial charge is 0.243 e. The number of piperidine rings is 1. The minimum Gasteiger partial charge on any atom is -0.310 e. The highest BCUT2D eigenvalue weighted by atomic mass is 32.2. The van der Waals surface area contributed by atoms with E-state index in [1.54, 1.807) is 29.2 Å². The van der Waals surface area contributed by atoms with Gasteiger partial charge in [-0.1, -0.05) is 6.07 Å². The number of anilines is 2. The van der Waals surface area contributed by atoms with Crippen LogP contribution in [-0.4, -0.2) is 48.7 Å². The maximum atomic E-state index is 13.4. The van der Waals surface area contributed by atoms with Crippen molar-refractivity contribution < 1.29 is 18.0 Å². The van der Waals surface area contributed by atoms with Gasteiger partial charge in [0.25, 0.3) is 0 Å². The molecule has 8 nitrogen and oxygen atoms in total. The molecule has 1 N–H and O–H groups in total. The second kappa shape index (κ2) is 8.63. The number of rotatable bonds is 4. The van der Waals surface area contributed by atoms with Gasteiger partial charge in [0.2, 0.25) is 21.8 Å². The van der Waals surface area contributed by atoms with Crippen LogP contribution in [0.4, 0.5) is 11.5 Å². The predicted octanol–water partition coefficient (Wildman–Crippen LogP) is 2.73. The molecule has 2 atom stereocenters. The Bertz CT molecular complexity index is 1160. The fourth-order valence-electron chi connectivity index (χ4n) is 4.61. The van der Waals surface area contributed by atoms with Crippen LogP contribution in [0, 0.1) is 12.8 Å². The van der Waals surface area contributed by atoms with E-state index in [1.165, 1.54) is 11.2 Å². The number of benzene rings is 1. The van der Waals surface area contributed by atoms with Gasteiger partial charge in [0.1, 0.15) is 5.82 Å². The normalized spacial score (nSPS) is 21.3. The summed E-state index contributed by atoms with van der Waals surface area (Å²) in [7, 11) is -3.75. The van der Waals surface area contributed by atoms with E-state index in [-0.39, 0.29) is 29.3 Å². The van der Waals surface area contributed by atoms with E-state index in [2.05, 4.69) is 10.3 Å². The number of sulfonamides is 1. The van der Waals surface area contributed by atoms with Gasteiger partial charge in [-0.05, 0) is 69.0 Å². The Morgan fingerprint density at radius 3 is 2.69 bits per heavy atom. The average Bonchev–Trinajstić information content (AvgIpc) is 3.09. The lowest BCUT2D eigenvalue weighted by Crippen LogP contribution is -2.43. The third-order valence-corrected chi connectivity index (χ3v) is 8.00. The van der Waals surface area contributed by atoms with E-state index in [1.807, 2.05) is 26.0 Å². The van der Waals surface area contributed by atoms with Gasteiger partial charge in [-0.3, -0.25) is 9.59 Å². The molecule has 2 amide bonds. The van der Waals surface area contributed by atoms with Crippen molar-refractivity contribution in [2.24, 2.45) is 5.92 Å². The number of aromatic nitrogens is 1. The highest BCUT2D eigenvalue weighted by Crippen LogP contribution is 2.35. The van der Waals surface area contributed by atoms with Crippen molar-refractivity contribution in [1.82, 2.24) is 9.29 Å². The van der Waals surface area contributed by atoms with Crippen LogP contribution in [0.5, 0.6) is 0 Å². The van der Waals surface area contributed by atoms with Crippen LogP contribution < -0.4 is 10.2 Å². The number of nitrogens with zero attached hydrogens (tertiary/aromatic N) is 3. The lowest BCUT2D eigenvalue weighted by molar-refractivity contribution is -0.121. The molecule has 0 unspecified atom stereocenters. The first-order valence-corrected chi connectivity index (χ1v) is 12.3. The van der Waals surface area contributed by atoms with Crippen LogP contribution >= 0.6 is 0 Å². The third kappa shape index (κ3) is 4.27. The van der Waals surface area contributed by atoms with Crippen LogP contribution in [0.15, 0.2) is 41.3 Å². The Hall–Kier alpha value is -2.78. The number of fused-ring (bicyclic) bond motifs is 1. The van der Waals surface area contributed by atoms with E-state index in [0.717, 1.165) is 16.9 Å². The van der Waals surface area contributed by atoms with Gasteiger partial charge in [-0.2, -0.15) is 4.31 Å². The molecule has 0 aliphatic carbocycles. The Morgan fingerprint density at radius 2 is 1.97 bits per heavy atom. The second-order valence-corrected chi connectivity index (χ2v) is 10.5. The SMILES string of the molecule is CC(=O)N1c2ccc(S(=O)(=O)N3CCC[C@@H](C(=O)Nc4cccc(C)n4)C3)cc2C[C@@H]1C. The molecular formula is C23H28N4O4S. The average molecular weight is 457 g/mol. The molecule has 9 heteroatoms. The quantitative estimate of drug-likeness (QED) is 0.763. The molecule has 1 fully saturated rings. The largest absolute Gasteiger partial charge is 0.310 e. The molecule has 0 saturated carbocycles. The van der Waals surface area contributed by atoms with E-state index < -0.39 is 15.9 Å². The van der Waals surface area contributed by atoms with Gasteiger partial charge >= 0.3 is 0 Å². The molecule has 0 spiro atoms. The van der Waals surface area contributed by atoms with E-state index >= 15 is 0 Å². The molecule has 2 aliphatic rings. The van der Waals surface area contributed by atoms with Crippen molar-refractivity contribution in [3.05, 3.63) is 47.7 Å². The maximum Gasteiger partial charge on any atom is 0.243 e. The molecule has 0 bridgehead atoms. The Labute approximate surface area is 188 Å². The molecule has 1 aromatic heterocycles. The summed E-state index contributed by atoms with van der Waals surface area (Å²) in [6.07, 6.45) is 1.85. The number of carbonyl (C=O) groups is 2. The maximum absolute atomic E-state index is 13.4. The number of carbonyl (C=O) groups excluding carboxylic acids is 2. The number of amides is 2. The Kier molecular flexibility index (Phi) is 6.05. The van der Waals surface area contributed by atoms with Crippen LogP contribution in [0.3, 0.4) is 0 Å². The summed E-state index contributed by atoms with van der Waals surface area (Å²) in [6, 6.07) is 10.3. The topological polar surface area (TPSA) is 99.7 Å². The van der Waals surface area contributed by atoms with Crippen molar-refractivity contribution in [3.63, 3.8) is 0 Å². The highest BCUT2D eigenvalue weighted by molar-refractivity contribution is 7.89. The fraction of sp³-hybridized carbons (Fsp3) is 0.435. The van der Waals surface area contributed by atoms with Gasteiger partial charge in [0.15, 0.2) is 0 Å². The molecule has 0 radical (unpaired) electrons. The molecule has 32 heavy (non-hydrogen) atoms. The summed E-state index contributed by atoms with van der Waals surface area (Å²) < 4.78 is 28.1. The Balaban J connectivity index is 1.51. The van der Waals surface area contributed by atoms with Crippen molar-refractivity contribution in [2.75, 3.05) is 23.3 Å². The number of hydrogen-bond acceptors (Lipinski definition) is 5. The molecule has 2 aromatic rings. The zero-order chi connectivity index (χ0) is 23.0. The number of aryl methyl sites for hydroxylation is 1. The van der Waals surface area contributed by atoms with Gasteiger partial charge in [-0.25, -0.2) is 13.4 Å². The van der Waals surface area contributed by atoms with Crippen LogP contribution in [0.2, 0.25) is 0 Å². The molecule has 1 aromatic carbocycles. The van der Waals surface area contributed by atoms with Crippen molar-refractivity contribution in [2.45, 2.75) is 51.0 Å². The second-order valence-electron chi connectivity index (χ2n) is 8.59. The zero-order valence-electron chi connectivity index (χ0n) is 18.5. The minimum absolute atomic E-state index is 0.00116. The van der Waals surface area contributed by atoms with Crippen molar-refractivity contribution >= 4 is 33.3 Å². The van der Waals surface area contributed by atoms with Gasteiger partial charge in [-0.15, -0.1) is 0 Å². The van der Waals surface area contributed by atoms with Crippen LogP contribution in [-0.2, 0) is 26.0 Å². The van der Waals surface area contributed by atoms with Gasteiger partial charge < -0.3 is 10.2 Å². The lowest BCUT2D eigenvalue weighted by atomic mass is 9.99. The molecular weight excluding hydrogens is 428 g/mol. The first-order chi connectivity index (χ1) is 15.2. The van der Waals surface area contributed by atoms with E-state index in [0.29, 0.717) is 31.6 Å². The molecule has 2 aliphatic heterocycles. The lowest BCUT2D eigenvalue weighted by Gasteiger charge is -2.31. The van der Waals surface area contributed by atoms with Crippen molar-refractivity contribution in [3.8, 4) is 0 Å². The first kappa shape index (κ1) is 22.4. The summed E-state index contributed by atoms with van der Waals surface area (Å²) >= 11 is 0. The van der Waals surface area contributed by atoms with E-state index in [4.69, 9.17) is 0 Å². The number of nitrogens with one attached hydrogen (secondary N) is 1. The Morgan fingerprint density at radius 1 is 1.19 bits per heavy atom. The van der Waals surface area contributed by atoms with Crippen LogP contribution in [0.25, 0.3) is 0 Å². The first-order valence-electron chi connectivity index (χ1n) is 10.8. The molecule has 4 rings (SSSR count). The highest BCUT2D eigenvalue weighted by Gasteiger charge is 2.35. The number of hydrogen-bond donors (Lipinski definition) is 1. The molecule has 170 valence electrons. The van der Waals surface area contributed by atoms with Crippen LogP contribution in [0.1, 0.15) is 37.9 Å². The standard InChI is InChI=1S/C23H28N4O4S/c1-15-6-4-8-22(24-15)25-23(29)18-7-5-11-26(14-18)32(30,31)20-9-10-21-19(13-20)12-16(2)27(21)17(3)28/h4,6,8-10,13,16,18H,5,7,11-12,14H2,1-3H3,(H,24,25,29)/t16-,18+/m0/s1. The third-order valence-electron chi connectivity index (χ3n) is 6.14. The van der Waals surface area contributed by atoms with Crippen molar-refractivity contribution in [1.29, 1.82) is 0 Å². The summed E-state index contributed by atoms with van der Waals surface area (Å²) in [5, 5.41) is 2.81. The fourth-order valence-corrected chi connectivity index (χ4v) is 6.19. The molecule has 3 heterocycles. The monoisotopic (exact) mass is 456 g/mol. The summed E-state index contributed by atoms with van der Waals surface area (Å²) in [6.45, 7) is 5.82. The van der Waals surface area contributed by atoms with E-state index in [9.17, 15) is 18.0 Å². The van der Waals surface area contributed by atoms with Gasteiger partial charge in [0.05, 0.1) is 10.8 Å². The predicted molar refractivity (Wildman–Crippen MR) is 122 cm³/mol. The summed E-state index contributed by atoms with van der Waals surface area (Å²) in [5.74, 6) is -0.246. The summed E-state index contributed by atoms with van der Waals surface area (Å²) in [4.78, 5) is 30.9. The van der Waals surface area contributed by atoms with Gasteiger partial charge in [0, 0.05) is 37.4 Å². The zero-order valence-corrected chi connectivity index (χ0v) is 19.4. The number of pyridine rings is 1.